The molecule has 2 rings (SSSR count). The third kappa shape index (κ3) is 3.92. The van der Waals surface area contributed by atoms with Crippen LogP contribution in [0.1, 0.15) is 18.4 Å². The Labute approximate surface area is 113 Å². The molecule has 1 aliphatic rings. The lowest BCUT2D eigenvalue weighted by Gasteiger charge is -2.35. The van der Waals surface area contributed by atoms with E-state index in [-0.39, 0.29) is 0 Å². The van der Waals surface area contributed by atoms with Crippen molar-refractivity contribution in [2.45, 2.75) is 25.3 Å². The number of aromatic nitrogens is 1. The van der Waals surface area contributed by atoms with Crippen LogP contribution in [0.4, 0.5) is 4.79 Å². The first-order valence-corrected chi connectivity index (χ1v) is 6.74. The number of carbonyl (C=O) groups is 1. The predicted octanol–water partition coefficient (Wildman–Crippen LogP) is 1.70. The zero-order valence-electron chi connectivity index (χ0n) is 11.3. The molecule has 1 amide bonds. The Morgan fingerprint density at radius 2 is 2.05 bits per heavy atom. The molecule has 104 valence electrons. The van der Waals surface area contributed by atoms with Gasteiger partial charge in [-0.25, -0.2) is 4.79 Å². The minimum atomic E-state index is -0.794. The zero-order chi connectivity index (χ0) is 13.7. The Bertz CT molecular complexity index is 402. The Morgan fingerprint density at radius 1 is 1.42 bits per heavy atom. The van der Waals surface area contributed by atoms with Crippen molar-refractivity contribution in [2.75, 3.05) is 26.7 Å². The van der Waals surface area contributed by atoms with Gasteiger partial charge in [-0.3, -0.25) is 4.98 Å². The van der Waals surface area contributed by atoms with Crippen LogP contribution in [0.5, 0.6) is 0 Å². The van der Waals surface area contributed by atoms with E-state index in [1.165, 1.54) is 10.5 Å². The lowest BCUT2D eigenvalue weighted by molar-refractivity contribution is 0.106. The molecule has 5 nitrogen and oxygen atoms in total. The molecular weight excluding hydrogens is 242 g/mol. The predicted molar refractivity (Wildman–Crippen MR) is 73.2 cm³/mol. The van der Waals surface area contributed by atoms with Crippen LogP contribution in [0.2, 0.25) is 0 Å². The Kier molecular flexibility index (Phi) is 4.74. The molecule has 0 aliphatic carbocycles. The quantitative estimate of drug-likeness (QED) is 0.898. The van der Waals surface area contributed by atoms with E-state index in [0.29, 0.717) is 19.1 Å². The summed E-state index contributed by atoms with van der Waals surface area (Å²) in [6.45, 7) is 2.31. The van der Waals surface area contributed by atoms with Gasteiger partial charge in [0, 0.05) is 38.1 Å². The summed E-state index contributed by atoms with van der Waals surface area (Å²) in [5.74, 6) is 0. The molecular formula is C14H21N3O2. The highest BCUT2D eigenvalue weighted by Gasteiger charge is 2.24. The van der Waals surface area contributed by atoms with Crippen LogP contribution in [-0.4, -0.2) is 58.7 Å². The van der Waals surface area contributed by atoms with Crippen molar-refractivity contribution in [3.05, 3.63) is 30.1 Å². The number of piperidine rings is 1. The van der Waals surface area contributed by atoms with Gasteiger partial charge in [-0.2, -0.15) is 0 Å². The van der Waals surface area contributed by atoms with Gasteiger partial charge < -0.3 is 14.9 Å². The molecule has 19 heavy (non-hydrogen) atoms. The van der Waals surface area contributed by atoms with Gasteiger partial charge in [0.2, 0.25) is 0 Å². The summed E-state index contributed by atoms with van der Waals surface area (Å²) in [7, 11) is 2.13. The first-order valence-electron chi connectivity index (χ1n) is 6.74. The van der Waals surface area contributed by atoms with Gasteiger partial charge >= 0.3 is 6.09 Å². The SMILES string of the molecule is CN(CCc1ccncc1)C1CCN(C(=O)O)CC1. The summed E-state index contributed by atoms with van der Waals surface area (Å²) in [6, 6.07) is 4.58. The Balaban J connectivity index is 1.75. The monoisotopic (exact) mass is 263 g/mol. The van der Waals surface area contributed by atoms with Gasteiger partial charge in [0.15, 0.2) is 0 Å². The molecule has 0 bridgehead atoms. The normalized spacial score (nSPS) is 16.8. The molecule has 1 aromatic heterocycles. The standard InChI is InChI=1S/C14H21N3O2/c1-16(9-4-12-2-7-15-8-3-12)13-5-10-17(11-6-13)14(18)19/h2-3,7-8,13H,4-6,9-11H2,1H3,(H,18,19). The lowest BCUT2D eigenvalue weighted by atomic mass is 10.0. The molecule has 1 aromatic rings. The smallest absolute Gasteiger partial charge is 0.407 e. The summed E-state index contributed by atoms with van der Waals surface area (Å²) in [5.41, 5.74) is 1.30. The van der Waals surface area contributed by atoms with Crippen LogP contribution < -0.4 is 0 Å². The van der Waals surface area contributed by atoms with E-state index in [9.17, 15) is 4.79 Å². The number of pyridine rings is 1. The van der Waals surface area contributed by atoms with E-state index >= 15 is 0 Å². The maximum absolute atomic E-state index is 10.8. The lowest BCUT2D eigenvalue weighted by Crippen LogP contribution is -2.45. The summed E-state index contributed by atoms with van der Waals surface area (Å²) in [5, 5.41) is 8.92. The third-order valence-electron chi connectivity index (χ3n) is 3.86. The number of hydrogen-bond donors (Lipinski definition) is 1. The molecule has 0 saturated carbocycles. The van der Waals surface area contributed by atoms with Gasteiger partial charge in [-0.05, 0) is 44.0 Å². The van der Waals surface area contributed by atoms with E-state index in [4.69, 9.17) is 5.11 Å². The van der Waals surface area contributed by atoms with Crippen molar-refractivity contribution < 1.29 is 9.90 Å². The zero-order valence-corrected chi connectivity index (χ0v) is 11.3. The van der Waals surface area contributed by atoms with Gasteiger partial charge in [-0.15, -0.1) is 0 Å². The summed E-state index contributed by atoms with van der Waals surface area (Å²) in [4.78, 5) is 18.7. The highest BCUT2D eigenvalue weighted by atomic mass is 16.4. The topological polar surface area (TPSA) is 56.7 Å². The van der Waals surface area contributed by atoms with E-state index in [1.807, 2.05) is 24.5 Å². The van der Waals surface area contributed by atoms with Gasteiger partial charge in [0.25, 0.3) is 0 Å². The average molecular weight is 263 g/mol. The minimum absolute atomic E-state index is 0.498. The number of nitrogens with zero attached hydrogens (tertiary/aromatic N) is 3. The molecule has 2 heterocycles. The molecule has 0 radical (unpaired) electrons. The maximum atomic E-state index is 10.8. The molecule has 0 atom stereocenters. The van der Waals surface area contributed by atoms with Gasteiger partial charge in [0.1, 0.15) is 0 Å². The highest BCUT2D eigenvalue weighted by molar-refractivity contribution is 5.65. The van der Waals surface area contributed by atoms with Crippen LogP contribution in [0.25, 0.3) is 0 Å². The van der Waals surface area contributed by atoms with Crippen molar-refractivity contribution in [3.63, 3.8) is 0 Å². The molecule has 1 saturated heterocycles. The second-order valence-electron chi connectivity index (χ2n) is 5.09. The van der Waals surface area contributed by atoms with Crippen LogP contribution in [-0.2, 0) is 6.42 Å². The fourth-order valence-corrected chi connectivity index (χ4v) is 2.54. The van der Waals surface area contributed by atoms with E-state index in [1.54, 1.807) is 0 Å². The maximum Gasteiger partial charge on any atom is 0.407 e. The molecule has 5 heteroatoms. The number of rotatable bonds is 4. The van der Waals surface area contributed by atoms with Crippen molar-refractivity contribution in [1.82, 2.24) is 14.8 Å². The van der Waals surface area contributed by atoms with Crippen LogP contribution in [0.15, 0.2) is 24.5 Å². The molecule has 0 aromatic carbocycles. The number of hydrogen-bond acceptors (Lipinski definition) is 3. The van der Waals surface area contributed by atoms with Crippen molar-refractivity contribution >= 4 is 6.09 Å². The number of likely N-dealkylation sites (tertiary alicyclic amines) is 1. The first kappa shape index (κ1) is 13.8. The molecule has 1 fully saturated rings. The molecule has 1 N–H and O–H groups in total. The van der Waals surface area contributed by atoms with Crippen LogP contribution in [0, 0.1) is 0 Å². The van der Waals surface area contributed by atoms with Crippen molar-refractivity contribution in [3.8, 4) is 0 Å². The highest BCUT2D eigenvalue weighted by Crippen LogP contribution is 2.15. The number of amides is 1. The number of likely N-dealkylation sites (N-methyl/N-ethyl adjacent to an activating group) is 1. The summed E-state index contributed by atoms with van der Waals surface area (Å²) >= 11 is 0. The fraction of sp³-hybridized carbons (Fsp3) is 0.571. The largest absolute Gasteiger partial charge is 0.465 e. The van der Waals surface area contributed by atoms with Crippen molar-refractivity contribution in [2.24, 2.45) is 0 Å². The average Bonchev–Trinajstić information content (AvgIpc) is 2.46. The van der Waals surface area contributed by atoms with Crippen molar-refractivity contribution in [1.29, 1.82) is 0 Å². The fourth-order valence-electron chi connectivity index (χ4n) is 2.54. The Hall–Kier alpha value is -1.62. The van der Waals surface area contributed by atoms with Crippen LogP contribution >= 0.6 is 0 Å². The first-order chi connectivity index (χ1) is 9.16. The molecule has 0 spiro atoms. The van der Waals surface area contributed by atoms with Gasteiger partial charge in [0.05, 0.1) is 0 Å². The summed E-state index contributed by atoms with van der Waals surface area (Å²) in [6.07, 6.45) is 5.72. The molecule has 0 unspecified atom stereocenters. The Morgan fingerprint density at radius 3 is 2.63 bits per heavy atom. The van der Waals surface area contributed by atoms with E-state index < -0.39 is 6.09 Å². The second-order valence-corrected chi connectivity index (χ2v) is 5.09. The minimum Gasteiger partial charge on any atom is -0.465 e. The second kappa shape index (κ2) is 6.52. The summed E-state index contributed by atoms with van der Waals surface area (Å²) < 4.78 is 0. The van der Waals surface area contributed by atoms with E-state index in [0.717, 1.165) is 25.8 Å². The molecule has 1 aliphatic heterocycles. The third-order valence-corrected chi connectivity index (χ3v) is 3.86. The van der Waals surface area contributed by atoms with Gasteiger partial charge in [-0.1, -0.05) is 0 Å². The van der Waals surface area contributed by atoms with E-state index in [2.05, 4.69) is 16.9 Å². The number of carboxylic acid groups (broad SMARTS) is 1. The van der Waals surface area contributed by atoms with Crippen LogP contribution in [0.3, 0.4) is 0 Å².